The number of hydrogen-bond donors (Lipinski definition) is 2. The van der Waals surface area contributed by atoms with Crippen LogP contribution in [0.5, 0.6) is 5.75 Å². The lowest BCUT2D eigenvalue weighted by Crippen LogP contribution is -2.56. The summed E-state index contributed by atoms with van der Waals surface area (Å²) in [6.07, 6.45) is 1.47. The van der Waals surface area contributed by atoms with E-state index in [2.05, 4.69) is 19.2 Å². The van der Waals surface area contributed by atoms with Crippen molar-refractivity contribution >= 4 is 11.8 Å². The second kappa shape index (κ2) is 8.71. The number of primary amides is 1. The summed E-state index contributed by atoms with van der Waals surface area (Å²) in [5, 5.41) is 2.76. The average molecular weight is 334 g/mol. The van der Waals surface area contributed by atoms with Gasteiger partial charge in [0.05, 0.1) is 6.61 Å². The summed E-state index contributed by atoms with van der Waals surface area (Å²) < 4.78 is 5.64. The number of hydrogen-bond acceptors (Lipinski definition) is 3. The van der Waals surface area contributed by atoms with Crippen molar-refractivity contribution in [1.29, 1.82) is 0 Å². The van der Waals surface area contributed by atoms with Crippen molar-refractivity contribution in [3.05, 3.63) is 29.8 Å². The third-order valence-electron chi connectivity index (χ3n) is 3.83. The highest BCUT2D eigenvalue weighted by Gasteiger charge is 2.33. The van der Waals surface area contributed by atoms with Crippen molar-refractivity contribution in [1.82, 2.24) is 5.32 Å². The monoisotopic (exact) mass is 334 g/mol. The largest absolute Gasteiger partial charge is 0.494 e. The number of benzene rings is 1. The van der Waals surface area contributed by atoms with E-state index in [-0.39, 0.29) is 11.8 Å². The lowest BCUT2D eigenvalue weighted by molar-refractivity contribution is -0.124. The van der Waals surface area contributed by atoms with Crippen LogP contribution in [-0.2, 0) is 4.79 Å². The maximum absolute atomic E-state index is 12.4. The number of ether oxygens (including phenoxy) is 1. The number of nitrogens with two attached hydrogens (primary N) is 1. The van der Waals surface area contributed by atoms with Crippen LogP contribution in [0, 0.1) is 11.8 Å². The Balaban J connectivity index is 2.72. The molecule has 1 rings (SSSR count). The fraction of sp³-hybridized carbons (Fsp3) is 0.579. The fourth-order valence-corrected chi connectivity index (χ4v) is 2.47. The lowest BCUT2D eigenvalue weighted by Gasteiger charge is -2.29. The van der Waals surface area contributed by atoms with Crippen LogP contribution < -0.4 is 15.8 Å². The molecule has 0 aliphatic carbocycles. The molecule has 0 bridgehead atoms. The molecule has 24 heavy (non-hydrogen) atoms. The Morgan fingerprint density at radius 3 is 2.17 bits per heavy atom. The van der Waals surface area contributed by atoms with Gasteiger partial charge in [-0.2, -0.15) is 0 Å². The van der Waals surface area contributed by atoms with Crippen LogP contribution in [0.25, 0.3) is 0 Å². The quantitative estimate of drug-likeness (QED) is 0.728. The van der Waals surface area contributed by atoms with Gasteiger partial charge >= 0.3 is 0 Å². The Labute approximate surface area is 145 Å². The highest BCUT2D eigenvalue weighted by atomic mass is 16.5. The lowest BCUT2D eigenvalue weighted by atomic mass is 9.89. The third kappa shape index (κ3) is 6.22. The second-order valence-electron chi connectivity index (χ2n) is 7.30. The van der Waals surface area contributed by atoms with Crippen LogP contribution in [0.4, 0.5) is 0 Å². The molecule has 1 aromatic carbocycles. The first-order chi connectivity index (χ1) is 11.1. The maximum Gasteiger partial charge on any atom is 0.252 e. The number of rotatable bonds is 9. The van der Waals surface area contributed by atoms with E-state index in [4.69, 9.17) is 10.5 Å². The zero-order valence-electron chi connectivity index (χ0n) is 15.4. The summed E-state index contributed by atoms with van der Waals surface area (Å²) in [6.45, 7) is 10.6. The second-order valence-corrected chi connectivity index (χ2v) is 7.30. The standard InChI is InChI=1S/C19H30N2O3/c1-13(2)10-11-24-16-8-6-15(7-9-16)17(22)21-19(5,18(20)23)12-14(3)4/h6-9,13-14H,10-12H2,1-5H3,(H2,20,23)(H,21,22). The molecule has 0 aliphatic heterocycles. The minimum atomic E-state index is -1.06. The molecule has 5 nitrogen and oxygen atoms in total. The van der Waals surface area contributed by atoms with Crippen molar-refractivity contribution in [2.75, 3.05) is 6.61 Å². The van der Waals surface area contributed by atoms with Gasteiger partial charge in [-0.3, -0.25) is 9.59 Å². The van der Waals surface area contributed by atoms with Crippen molar-refractivity contribution in [2.24, 2.45) is 17.6 Å². The van der Waals surface area contributed by atoms with Gasteiger partial charge < -0.3 is 15.8 Å². The Morgan fingerprint density at radius 2 is 1.71 bits per heavy atom. The third-order valence-corrected chi connectivity index (χ3v) is 3.83. The van der Waals surface area contributed by atoms with Crippen LogP contribution in [0.15, 0.2) is 24.3 Å². The predicted octanol–water partition coefficient (Wildman–Crippen LogP) is 3.13. The molecule has 0 saturated heterocycles. The summed E-state index contributed by atoms with van der Waals surface area (Å²) >= 11 is 0. The van der Waals surface area contributed by atoms with E-state index >= 15 is 0 Å². The van der Waals surface area contributed by atoms with Crippen LogP contribution >= 0.6 is 0 Å². The minimum absolute atomic E-state index is 0.236. The van der Waals surface area contributed by atoms with Gasteiger partial charge in [0.15, 0.2) is 0 Å². The molecule has 5 heteroatoms. The first-order valence-electron chi connectivity index (χ1n) is 8.49. The van der Waals surface area contributed by atoms with Gasteiger partial charge in [0.25, 0.3) is 5.91 Å². The number of amides is 2. The molecule has 0 aromatic heterocycles. The van der Waals surface area contributed by atoms with Gasteiger partial charge in [-0.05, 0) is 55.9 Å². The molecule has 3 N–H and O–H groups in total. The van der Waals surface area contributed by atoms with E-state index < -0.39 is 11.4 Å². The molecule has 2 amide bonds. The van der Waals surface area contributed by atoms with Gasteiger partial charge in [0.1, 0.15) is 11.3 Å². The van der Waals surface area contributed by atoms with Crippen LogP contribution in [0.2, 0.25) is 0 Å². The van der Waals surface area contributed by atoms with Crippen LogP contribution in [-0.4, -0.2) is 24.0 Å². The SMILES string of the molecule is CC(C)CCOc1ccc(C(=O)NC(C)(CC(C)C)C(N)=O)cc1. The number of carbonyl (C=O) groups excluding carboxylic acids is 2. The first-order valence-corrected chi connectivity index (χ1v) is 8.49. The molecule has 1 aromatic rings. The van der Waals surface area contributed by atoms with E-state index in [1.165, 1.54) is 0 Å². The molecule has 0 saturated carbocycles. The highest BCUT2D eigenvalue weighted by Crippen LogP contribution is 2.18. The van der Waals surface area contributed by atoms with Gasteiger partial charge in [-0.25, -0.2) is 0 Å². The molecule has 0 aliphatic rings. The summed E-state index contributed by atoms with van der Waals surface area (Å²) in [5.74, 6) is 0.706. The van der Waals surface area contributed by atoms with Gasteiger partial charge in [0, 0.05) is 5.56 Å². The zero-order valence-corrected chi connectivity index (χ0v) is 15.4. The molecule has 0 heterocycles. The van der Waals surface area contributed by atoms with E-state index in [0.29, 0.717) is 24.5 Å². The minimum Gasteiger partial charge on any atom is -0.494 e. The zero-order chi connectivity index (χ0) is 18.3. The Morgan fingerprint density at radius 1 is 1.12 bits per heavy atom. The van der Waals surface area contributed by atoms with Gasteiger partial charge in [-0.15, -0.1) is 0 Å². The van der Waals surface area contributed by atoms with E-state index in [1.807, 2.05) is 13.8 Å². The summed E-state index contributed by atoms with van der Waals surface area (Å²) in [6, 6.07) is 6.91. The number of nitrogens with one attached hydrogen (secondary N) is 1. The van der Waals surface area contributed by atoms with Crippen molar-refractivity contribution in [3.63, 3.8) is 0 Å². The van der Waals surface area contributed by atoms with Gasteiger partial charge in [-0.1, -0.05) is 27.7 Å². The van der Waals surface area contributed by atoms with E-state index in [1.54, 1.807) is 31.2 Å². The van der Waals surface area contributed by atoms with E-state index in [0.717, 1.165) is 12.2 Å². The van der Waals surface area contributed by atoms with Crippen LogP contribution in [0.1, 0.15) is 57.8 Å². The summed E-state index contributed by atoms with van der Waals surface area (Å²) in [7, 11) is 0. The summed E-state index contributed by atoms with van der Waals surface area (Å²) in [4.78, 5) is 24.1. The molecule has 1 unspecified atom stereocenters. The fourth-order valence-electron chi connectivity index (χ4n) is 2.47. The van der Waals surface area contributed by atoms with Crippen LogP contribution in [0.3, 0.4) is 0 Å². The Hall–Kier alpha value is -2.04. The Kier molecular flexibility index (Phi) is 7.26. The normalized spacial score (nSPS) is 13.6. The molecule has 134 valence electrons. The summed E-state index contributed by atoms with van der Waals surface area (Å²) in [5.41, 5.74) is 4.89. The number of carbonyl (C=O) groups is 2. The van der Waals surface area contributed by atoms with Crippen molar-refractivity contribution < 1.29 is 14.3 Å². The molecule has 0 fully saturated rings. The topological polar surface area (TPSA) is 81.4 Å². The van der Waals surface area contributed by atoms with Crippen molar-refractivity contribution in [2.45, 2.75) is 53.0 Å². The highest BCUT2D eigenvalue weighted by molar-refractivity contribution is 5.98. The van der Waals surface area contributed by atoms with Crippen molar-refractivity contribution in [3.8, 4) is 5.75 Å². The molecule has 0 spiro atoms. The van der Waals surface area contributed by atoms with E-state index in [9.17, 15) is 9.59 Å². The molecular weight excluding hydrogens is 304 g/mol. The molecule has 1 atom stereocenters. The molecule has 0 radical (unpaired) electrons. The Bertz CT molecular complexity index is 552. The maximum atomic E-state index is 12.4. The first kappa shape index (κ1) is 20.0. The molecular formula is C19H30N2O3. The average Bonchev–Trinajstić information content (AvgIpc) is 2.46. The smallest absolute Gasteiger partial charge is 0.252 e. The predicted molar refractivity (Wildman–Crippen MR) is 95.9 cm³/mol. The van der Waals surface area contributed by atoms with Gasteiger partial charge in [0.2, 0.25) is 5.91 Å².